The molecule has 0 unspecified atom stereocenters. The van der Waals surface area contributed by atoms with Gasteiger partial charge in [-0.2, -0.15) is 0 Å². The topological polar surface area (TPSA) is 28.1 Å². The molecule has 2 heterocycles. The molecule has 1 aromatic heterocycles. The van der Waals surface area contributed by atoms with Crippen LogP contribution >= 0.6 is 31.9 Å². The minimum Gasteiger partial charge on any atom is -0.358 e. The number of H-pyrrole nitrogens is 1. The van der Waals surface area contributed by atoms with E-state index in [0.29, 0.717) is 0 Å². The first-order valence-corrected chi connectivity index (χ1v) is 9.63. The number of nitrogens with one attached hydrogen (secondary N) is 1. The Kier molecular flexibility index (Phi) is 5.67. The second kappa shape index (κ2) is 7.10. The number of aromatic nitrogens is 1. The van der Waals surface area contributed by atoms with Gasteiger partial charge in [0, 0.05) is 22.0 Å². The van der Waals surface area contributed by atoms with Crippen LogP contribution in [0.3, 0.4) is 0 Å². The maximum Gasteiger partial charge on any atom is 0.0686 e. The van der Waals surface area contributed by atoms with Crippen LogP contribution in [0.5, 0.6) is 0 Å². The SMILES string of the molecule is CCC1=C(C)/C(=C/c2[nH]c(CBr)c(CC)c2C)N=C1CBr. The number of aliphatic imine (C=N–C) groups is 1. The van der Waals surface area contributed by atoms with Crippen LogP contribution in [-0.2, 0) is 11.8 Å². The molecule has 0 amide bonds. The molecule has 1 N–H and O–H groups in total. The van der Waals surface area contributed by atoms with Gasteiger partial charge in [0.2, 0.25) is 0 Å². The predicted octanol–water partition coefficient (Wildman–Crippen LogP) is 5.70. The molecule has 4 heteroatoms. The monoisotopic (exact) mass is 412 g/mol. The molecular weight excluding hydrogens is 392 g/mol. The van der Waals surface area contributed by atoms with Crippen molar-refractivity contribution in [3.8, 4) is 0 Å². The first kappa shape index (κ1) is 16.8. The lowest BCUT2D eigenvalue weighted by Gasteiger charge is -2.01. The first-order chi connectivity index (χ1) is 10.1. The van der Waals surface area contributed by atoms with Gasteiger partial charge in [-0.05, 0) is 55.0 Å². The van der Waals surface area contributed by atoms with E-state index in [9.17, 15) is 0 Å². The van der Waals surface area contributed by atoms with Gasteiger partial charge in [-0.15, -0.1) is 0 Å². The van der Waals surface area contributed by atoms with Crippen LogP contribution in [0.4, 0.5) is 0 Å². The molecule has 0 atom stereocenters. The highest BCUT2D eigenvalue weighted by Gasteiger charge is 2.19. The fourth-order valence-corrected chi connectivity index (χ4v) is 3.92. The van der Waals surface area contributed by atoms with Crippen molar-refractivity contribution in [3.63, 3.8) is 0 Å². The Morgan fingerprint density at radius 3 is 2.24 bits per heavy atom. The summed E-state index contributed by atoms with van der Waals surface area (Å²) in [4.78, 5) is 8.33. The third-order valence-corrected chi connectivity index (χ3v) is 5.29. The average molecular weight is 414 g/mol. The molecule has 0 aliphatic carbocycles. The van der Waals surface area contributed by atoms with Gasteiger partial charge in [-0.3, -0.25) is 4.99 Å². The molecule has 0 saturated heterocycles. The summed E-state index contributed by atoms with van der Waals surface area (Å²) in [6.07, 6.45) is 4.28. The van der Waals surface area contributed by atoms with Gasteiger partial charge in [0.05, 0.1) is 11.4 Å². The van der Waals surface area contributed by atoms with Crippen molar-refractivity contribution < 1.29 is 0 Å². The number of alkyl halides is 2. The van der Waals surface area contributed by atoms with Gasteiger partial charge in [0.25, 0.3) is 0 Å². The quantitative estimate of drug-likeness (QED) is 0.600. The second-order valence-electron chi connectivity index (χ2n) is 5.29. The molecule has 2 nitrogen and oxygen atoms in total. The van der Waals surface area contributed by atoms with Crippen molar-refractivity contribution in [1.29, 1.82) is 0 Å². The van der Waals surface area contributed by atoms with Crippen LogP contribution < -0.4 is 0 Å². The second-order valence-corrected chi connectivity index (χ2v) is 6.41. The summed E-state index contributed by atoms with van der Waals surface area (Å²) in [5.74, 6) is 0. The van der Waals surface area contributed by atoms with E-state index >= 15 is 0 Å². The Bertz CT molecular complexity index is 633. The standard InChI is InChI=1S/C17H22Br2N2/c1-5-12-10(3)14(20-16(12)8-18)7-15-11(4)13(6-2)17(9-19)21-15/h7,20H,5-6,8-9H2,1-4H3/b15-7-. The molecule has 0 aromatic carbocycles. The molecular formula is C17H22Br2N2. The van der Waals surface area contributed by atoms with E-state index in [1.165, 1.54) is 39.4 Å². The van der Waals surface area contributed by atoms with E-state index in [1.807, 2.05) is 0 Å². The van der Waals surface area contributed by atoms with Crippen LogP contribution in [-0.4, -0.2) is 16.0 Å². The molecule has 0 bridgehead atoms. The highest BCUT2D eigenvalue weighted by Crippen LogP contribution is 2.31. The van der Waals surface area contributed by atoms with E-state index in [-0.39, 0.29) is 0 Å². The largest absolute Gasteiger partial charge is 0.358 e. The predicted molar refractivity (Wildman–Crippen MR) is 99.7 cm³/mol. The number of allylic oxidation sites excluding steroid dienone is 2. The minimum atomic E-state index is 0.821. The summed E-state index contributed by atoms with van der Waals surface area (Å²) in [7, 11) is 0. The lowest BCUT2D eigenvalue weighted by molar-refractivity contribution is 1.08. The summed E-state index contributed by atoms with van der Waals surface area (Å²) in [6.45, 7) is 8.76. The molecule has 0 spiro atoms. The van der Waals surface area contributed by atoms with Gasteiger partial charge >= 0.3 is 0 Å². The van der Waals surface area contributed by atoms with E-state index in [1.54, 1.807) is 0 Å². The van der Waals surface area contributed by atoms with Gasteiger partial charge in [-0.1, -0.05) is 45.7 Å². The lowest BCUT2D eigenvalue weighted by atomic mass is 10.0. The number of rotatable bonds is 5. The van der Waals surface area contributed by atoms with Gasteiger partial charge < -0.3 is 4.98 Å². The molecule has 1 aromatic rings. The van der Waals surface area contributed by atoms with E-state index in [4.69, 9.17) is 4.99 Å². The Morgan fingerprint density at radius 2 is 1.81 bits per heavy atom. The fourth-order valence-electron chi connectivity index (χ4n) is 2.98. The zero-order valence-corrected chi connectivity index (χ0v) is 16.3. The molecule has 0 radical (unpaired) electrons. The molecule has 2 rings (SSSR count). The van der Waals surface area contributed by atoms with Gasteiger partial charge in [-0.25, -0.2) is 0 Å². The summed E-state index contributed by atoms with van der Waals surface area (Å²) in [5, 5.41) is 1.69. The highest BCUT2D eigenvalue weighted by molar-refractivity contribution is 9.09. The first-order valence-electron chi connectivity index (χ1n) is 7.39. The number of hydrogen-bond acceptors (Lipinski definition) is 1. The number of halogens is 2. The zero-order valence-electron chi connectivity index (χ0n) is 13.1. The summed E-state index contributed by atoms with van der Waals surface area (Å²) in [6, 6.07) is 0. The van der Waals surface area contributed by atoms with Crippen LogP contribution in [0.1, 0.15) is 49.7 Å². The van der Waals surface area contributed by atoms with Crippen molar-refractivity contribution >= 4 is 43.6 Å². The summed E-state index contributed by atoms with van der Waals surface area (Å²) >= 11 is 7.11. The molecule has 114 valence electrons. The minimum absolute atomic E-state index is 0.821. The molecule has 0 saturated carbocycles. The number of hydrogen-bond donors (Lipinski definition) is 1. The molecule has 1 aliphatic heterocycles. The lowest BCUT2D eigenvalue weighted by Crippen LogP contribution is -2.00. The Labute approximate surface area is 144 Å². The van der Waals surface area contributed by atoms with Crippen LogP contribution in [0.15, 0.2) is 21.8 Å². The summed E-state index contributed by atoms with van der Waals surface area (Å²) in [5.41, 5.74) is 10.2. The van der Waals surface area contributed by atoms with Crippen molar-refractivity contribution in [1.82, 2.24) is 4.98 Å². The van der Waals surface area contributed by atoms with Crippen molar-refractivity contribution in [2.24, 2.45) is 4.99 Å². The van der Waals surface area contributed by atoms with E-state index in [0.717, 1.165) is 29.2 Å². The van der Waals surface area contributed by atoms with Crippen molar-refractivity contribution in [2.45, 2.75) is 45.9 Å². The van der Waals surface area contributed by atoms with Gasteiger partial charge in [0.15, 0.2) is 0 Å². The van der Waals surface area contributed by atoms with Crippen molar-refractivity contribution in [3.05, 3.63) is 39.4 Å². The smallest absolute Gasteiger partial charge is 0.0686 e. The van der Waals surface area contributed by atoms with Crippen LogP contribution in [0.2, 0.25) is 0 Å². The third kappa shape index (κ3) is 3.11. The Hall–Kier alpha value is -0.610. The fraction of sp³-hybridized carbons (Fsp3) is 0.471. The van der Waals surface area contributed by atoms with Crippen LogP contribution in [0.25, 0.3) is 6.08 Å². The maximum absolute atomic E-state index is 4.79. The third-order valence-electron chi connectivity index (χ3n) is 4.20. The molecule has 1 aliphatic rings. The normalized spacial score (nSPS) is 17.0. The number of nitrogens with zero attached hydrogens (tertiary/aromatic N) is 1. The van der Waals surface area contributed by atoms with Crippen LogP contribution in [0, 0.1) is 6.92 Å². The Morgan fingerprint density at radius 1 is 1.10 bits per heavy atom. The molecule has 0 fully saturated rings. The number of aromatic amines is 1. The molecule has 21 heavy (non-hydrogen) atoms. The summed E-state index contributed by atoms with van der Waals surface area (Å²) < 4.78 is 0. The maximum atomic E-state index is 4.79. The zero-order chi connectivity index (χ0) is 15.6. The Balaban J connectivity index is 2.49. The van der Waals surface area contributed by atoms with Crippen molar-refractivity contribution in [2.75, 3.05) is 5.33 Å². The van der Waals surface area contributed by atoms with Gasteiger partial charge in [0.1, 0.15) is 0 Å². The highest BCUT2D eigenvalue weighted by atomic mass is 79.9. The average Bonchev–Trinajstić information content (AvgIpc) is 2.96. The van der Waals surface area contributed by atoms with E-state index < -0.39 is 0 Å². The van der Waals surface area contributed by atoms with E-state index in [2.05, 4.69) is 70.6 Å².